The van der Waals surface area contributed by atoms with Gasteiger partial charge in [-0.15, -0.1) is 24.5 Å². The average Bonchev–Trinajstić information content (AvgIpc) is 3.30. The van der Waals surface area contributed by atoms with Gasteiger partial charge in [-0.2, -0.15) is 0 Å². The summed E-state index contributed by atoms with van der Waals surface area (Å²) in [5.41, 5.74) is 1.77. The Morgan fingerprint density at radius 1 is 0.919 bits per heavy atom. The molecule has 2 fully saturated rings. The van der Waals surface area contributed by atoms with Crippen LogP contribution in [-0.2, 0) is 11.2 Å². The zero-order valence-corrected chi connectivity index (χ0v) is 21.6. The molecule has 5 rings (SSSR count). The van der Waals surface area contributed by atoms with E-state index >= 15 is 0 Å². The SMILES string of the molecule is CCCc1ccc2cc(C3CCC(C4CCC(c5cc(F)c(OC(F)(F)F)c(F)c5)CC4)OC3)sc2c1. The quantitative estimate of drug-likeness (QED) is 0.291. The molecule has 200 valence electrons. The predicted octanol–water partition coefficient (Wildman–Crippen LogP) is 9.27. The zero-order valence-electron chi connectivity index (χ0n) is 20.8. The fourth-order valence-electron chi connectivity index (χ4n) is 5.96. The first-order valence-corrected chi connectivity index (χ1v) is 13.9. The monoisotopic (exact) mass is 538 g/mol. The number of halogens is 5. The topological polar surface area (TPSA) is 18.5 Å². The van der Waals surface area contributed by atoms with Crippen molar-refractivity contribution in [3.05, 3.63) is 64.0 Å². The third-order valence-corrected chi connectivity index (χ3v) is 9.12. The van der Waals surface area contributed by atoms with Crippen molar-refractivity contribution in [3.8, 4) is 5.75 Å². The molecule has 1 aliphatic heterocycles. The van der Waals surface area contributed by atoms with E-state index in [1.807, 2.05) is 11.3 Å². The van der Waals surface area contributed by atoms with E-state index in [4.69, 9.17) is 4.74 Å². The summed E-state index contributed by atoms with van der Waals surface area (Å²) in [6, 6.07) is 11.0. The second-order valence-corrected chi connectivity index (χ2v) is 11.5. The van der Waals surface area contributed by atoms with Gasteiger partial charge in [0.15, 0.2) is 11.6 Å². The average molecular weight is 539 g/mol. The Morgan fingerprint density at radius 2 is 1.62 bits per heavy atom. The van der Waals surface area contributed by atoms with E-state index in [2.05, 4.69) is 35.9 Å². The van der Waals surface area contributed by atoms with E-state index in [0.29, 0.717) is 24.0 Å². The molecule has 0 N–H and O–H groups in total. The third kappa shape index (κ3) is 6.11. The number of rotatable bonds is 6. The maximum Gasteiger partial charge on any atom is 0.573 e. The number of benzene rings is 2. The van der Waals surface area contributed by atoms with Gasteiger partial charge < -0.3 is 9.47 Å². The third-order valence-electron chi connectivity index (χ3n) is 7.86. The van der Waals surface area contributed by atoms with Crippen LogP contribution < -0.4 is 4.74 Å². The summed E-state index contributed by atoms with van der Waals surface area (Å²) in [6.07, 6.45) is 2.53. The van der Waals surface area contributed by atoms with Crippen molar-refractivity contribution >= 4 is 21.4 Å². The molecule has 0 radical (unpaired) electrons. The Morgan fingerprint density at radius 3 is 2.24 bits per heavy atom. The smallest absolute Gasteiger partial charge is 0.399 e. The molecule has 0 spiro atoms. The van der Waals surface area contributed by atoms with Gasteiger partial charge >= 0.3 is 6.36 Å². The Hall–Kier alpha value is -2.19. The lowest BCUT2D eigenvalue weighted by Crippen LogP contribution is -2.33. The summed E-state index contributed by atoms with van der Waals surface area (Å²) in [4.78, 5) is 1.38. The first-order valence-electron chi connectivity index (χ1n) is 13.1. The van der Waals surface area contributed by atoms with Crippen molar-refractivity contribution in [3.63, 3.8) is 0 Å². The zero-order chi connectivity index (χ0) is 26.2. The molecular weight excluding hydrogens is 507 g/mol. The molecule has 2 aromatic carbocycles. The number of ether oxygens (including phenoxy) is 2. The van der Waals surface area contributed by atoms with Crippen LogP contribution in [-0.4, -0.2) is 19.1 Å². The number of aryl methyl sites for hydroxylation is 1. The molecule has 1 aliphatic carbocycles. The normalized spacial score (nSPS) is 24.9. The van der Waals surface area contributed by atoms with Gasteiger partial charge in [0, 0.05) is 15.5 Å². The van der Waals surface area contributed by atoms with Crippen LogP contribution in [0.15, 0.2) is 36.4 Å². The van der Waals surface area contributed by atoms with Gasteiger partial charge in [-0.05, 0) is 97.6 Å². The van der Waals surface area contributed by atoms with Gasteiger partial charge in [-0.1, -0.05) is 25.5 Å². The van der Waals surface area contributed by atoms with Crippen molar-refractivity contribution < 1.29 is 31.4 Å². The summed E-state index contributed by atoms with van der Waals surface area (Å²) >= 11 is 1.87. The molecule has 0 bridgehead atoms. The Labute approximate surface area is 217 Å². The van der Waals surface area contributed by atoms with Crippen molar-refractivity contribution in [1.29, 1.82) is 0 Å². The molecular formula is C29H31F5O2S. The van der Waals surface area contributed by atoms with E-state index in [0.717, 1.165) is 63.5 Å². The van der Waals surface area contributed by atoms with Crippen molar-refractivity contribution in [2.45, 2.75) is 82.6 Å². The minimum Gasteiger partial charge on any atom is -0.399 e. The highest BCUT2D eigenvalue weighted by atomic mass is 32.1. The van der Waals surface area contributed by atoms with Crippen LogP contribution in [0.5, 0.6) is 5.75 Å². The lowest BCUT2D eigenvalue weighted by atomic mass is 9.75. The van der Waals surface area contributed by atoms with Crippen LogP contribution >= 0.6 is 11.3 Å². The molecule has 37 heavy (non-hydrogen) atoms. The van der Waals surface area contributed by atoms with Gasteiger partial charge in [-0.3, -0.25) is 0 Å². The fourth-order valence-corrected chi connectivity index (χ4v) is 7.21. The molecule has 0 amide bonds. The number of alkyl halides is 3. The van der Waals surface area contributed by atoms with Crippen LogP contribution in [0.2, 0.25) is 0 Å². The van der Waals surface area contributed by atoms with Gasteiger partial charge in [-0.25, -0.2) is 8.78 Å². The largest absolute Gasteiger partial charge is 0.573 e. The maximum absolute atomic E-state index is 14.2. The van der Waals surface area contributed by atoms with Gasteiger partial charge in [0.25, 0.3) is 0 Å². The molecule has 2 heterocycles. The molecule has 1 aromatic heterocycles. The van der Waals surface area contributed by atoms with E-state index in [-0.39, 0.29) is 12.0 Å². The second kappa shape index (κ2) is 10.9. The summed E-state index contributed by atoms with van der Waals surface area (Å²) in [7, 11) is 0. The number of fused-ring (bicyclic) bond motifs is 1. The van der Waals surface area contributed by atoms with E-state index in [1.165, 1.54) is 20.5 Å². The van der Waals surface area contributed by atoms with E-state index in [1.54, 1.807) is 0 Å². The highest BCUT2D eigenvalue weighted by Crippen LogP contribution is 2.43. The van der Waals surface area contributed by atoms with Crippen LogP contribution in [0.4, 0.5) is 22.0 Å². The van der Waals surface area contributed by atoms with Crippen molar-refractivity contribution in [2.24, 2.45) is 5.92 Å². The molecule has 1 saturated carbocycles. The first-order chi connectivity index (χ1) is 17.7. The Balaban J connectivity index is 1.15. The molecule has 2 nitrogen and oxygen atoms in total. The van der Waals surface area contributed by atoms with Crippen LogP contribution in [0.3, 0.4) is 0 Å². The molecule has 1 saturated heterocycles. The lowest BCUT2D eigenvalue weighted by Gasteiger charge is -2.37. The molecule has 2 atom stereocenters. The molecule has 8 heteroatoms. The number of hydrogen-bond donors (Lipinski definition) is 0. The van der Waals surface area contributed by atoms with Crippen LogP contribution in [0.25, 0.3) is 10.1 Å². The number of thiophene rings is 1. The Bertz CT molecular complexity index is 1200. The second-order valence-electron chi connectivity index (χ2n) is 10.4. The minimum absolute atomic E-state index is 0.0901. The highest BCUT2D eigenvalue weighted by molar-refractivity contribution is 7.19. The lowest BCUT2D eigenvalue weighted by molar-refractivity contribution is -0.276. The van der Waals surface area contributed by atoms with Crippen molar-refractivity contribution in [2.75, 3.05) is 6.61 Å². The first kappa shape index (κ1) is 26.4. The van der Waals surface area contributed by atoms with Gasteiger partial charge in [0.05, 0.1) is 12.7 Å². The van der Waals surface area contributed by atoms with Crippen molar-refractivity contribution in [1.82, 2.24) is 0 Å². The standard InChI is InChI=1S/C29H31F5O2S/c1-2-3-17-4-5-20-15-27(37-26(20)12-17)21-10-11-25(35-16-21)19-8-6-18(7-9-19)22-13-23(30)28(24(31)14-22)36-29(32,33)34/h4-5,12-15,18-19,21,25H,2-3,6-11,16H2,1H3. The minimum atomic E-state index is -5.14. The summed E-state index contributed by atoms with van der Waals surface area (Å²) in [5, 5.41) is 1.30. The predicted molar refractivity (Wildman–Crippen MR) is 135 cm³/mol. The van der Waals surface area contributed by atoms with Crippen LogP contribution in [0.1, 0.15) is 79.7 Å². The summed E-state index contributed by atoms with van der Waals surface area (Å²) in [6.45, 7) is 2.90. The highest BCUT2D eigenvalue weighted by Gasteiger charge is 2.36. The molecule has 3 aromatic rings. The Kier molecular flexibility index (Phi) is 7.78. The number of hydrogen-bond acceptors (Lipinski definition) is 3. The van der Waals surface area contributed by atoms with E-state index in [9.17, 15) is 22.0 Å². The van der Waals surface area contributed by atoms with Gasteiger partial charge in [0.1, 0.15) is 0 Å². The summed E-state index contributed by atoms with van der Waals surface area (Å²) < 4.78 is 76.8. The maximum atomic E-state index is 14.2. The molecule has 2 unspecified atom stereocenters. The van der Waals surface area contributed by atoms with E-state index < -0.39 is 23.7 Å². The fraction of sp³-hybridized carbons (Fsp3) is 0.517. The summed E-state index contributed by atoms with van der Waals surface area (Å²) in [5.74, 6) is -3.33. The molecule has 2 aliphatic rings. The van der Waals surface area contributed by atoms with Crippen LogP contribution in [0, 0.1) is 17.6 Å². The van der Waals surface area contributed by atoms with Gasteiger partial charge in [0.2, 0.25) is 5.75 Å².